The molecule has 0 bridgehead atoms. The van der Waals surface area contributed by atoms with Crippen LogP contribution < -0.4 is 5.73 Å². The lowest BCUT2D eigenvalue weighted by Crippen LogP contribution is -2.00. The van der Waals surface area contributed by atoms with Crippen LogP contribution in [0.2, 0.25) is 0 Å². The zero-order chi connectivity index (χ0) is 7.82. The van der Waals surface area contributed by atoms with E-state index in [9.17, 15) is 0 Å². The molecule has 0 heterocycles. The second-order valence-corrected chi connectivity index (χ2v) is 2.08. The minimum absolute atomic E-state index is 0.740. The molecule has 0 radical (unpaired) electrons. The molecule has 0 spiro atoms. The smallest absolute Gasteiger partial charge is 0.0917 e. The van der Waals surface area contributed by atoms with Gasteiger partial charge in [-0.15, -0.1) is 0 Å². The van der Waals surface area contributed by atoms with Crippen molar-refractivity contribution in [1.82, 2.24) is 0 Å². The van der Waals surface area contributed by atoms with E-state index >= 15 is 0 Å². The largest absolute Gasteiger partial charge is 0.499 e. The second-order valence-electron chi connectivity index (χ2n) is 2.08. The maximum absolute atomic E-state index is 5.34. The van der Waals surface area contributed by atoms with Crippen LogP contribution >= 0.6 is 0 Å². The predicted molar refractivity (Wildman–Crippen MR) is 43.7 cm³/mol. The van der Waals surface area contributed by atoms with Gasteiger partial charge in [0.25, 0.3) is 0 Å². The van der Waals surface area contributed by atoms with Gasteiger partial charge in [0.05, 0.1) is 12.4 Å². The zero-order valence-corrected chi connectivity index (χ0v) is 6.89. The van der Waals surface area contributed by atoms with Gasteiger partial charge in [-0.1, -0.05) is 0 Å². The van der Waals surface area contributed by atoms with Gasteiger partial charge in [-0.25, -0.2) is 0 Å². The van der Waals surface area contributed by atoms with E-state index in [0.717, 1.165) is 31.8 Å². The van der Waals surface area contributed by atoms with Crippen molar-refractivity contribution in [1.29, 1.82) is 0 Å². The Balaban J connectivity index is 3.41. The fourth-order valence-electron chi connectivity index (χ4n) is 0.762. The summed E-state index contributed by atoms with van der Waals surface area (Å²) in [5, 5.41) is 0. The summed E-state index contributed by atoms with van der Waals surface area (Å²) in [6, 6.07) is 0. The first-order valence-electron chi connectivity index (χ1n) is 3.83. The van der Waals surface area contributed by atoms with Crippen molar-refractivity contribution < 1.29 is 4.74 Å². The molecule has 0 rings (SSSR count). The average Bonchev–Trinajstić information content (AvgIpc) is 1.98. The Morgan fingerprint density at radius 1 is 1.60 bits per heavy atom. The van der Waals surface area contributed by atoms with Crippen molar-refractivity contribution in [2.24, 2.45) is 5.73 Å². The summed E-state index contributed by atoms with van der Waals surface area (Å²) in [6.45, 7) is 5.47. The van der Waals surface area contributed by atoms with Crippen molar-refractivity contribution in [3.63, 3.8) is 0 Å². The fraction of sp³-hybridized carbons (Fsp3) is 0.750. The molecule has 0 fully saturated rings. The Morgan fingerprint density at radius 3 is 2.70 bits per heavy atom. The van der Waals surface area contributed by atoms with Crippen molar-refractivity contribution >= 4 is 0 Å². The lowest BCUT2D eigenvalue weighted by molar-refractivity contribution is 0.217. The molecule has 0 unspecified atom stereocenters. The number of hydrogen-bond acceptors (Lipinski definition) is 2. The first-order valence-corrected chi connectivity index (χ1v) is 3.83. The molecule has 0 aromatic carbocycles. The number of allylic oxidation sites excluding steroid dienone is 2. The van der Waals surface area contributed by atoms with Gasteiger partial charge in [0.1, 0.15) is 0 Å². The first kappa shape index (κ1) is 9.50. The Kier molecular flexibility index (Phi) is 6.29. The van der Waals surface area contributed by atoms with E-state index in [4.69, 9.17) is 10.5 Å². The van der Waals surface area contributed by atoms with E-state index in [1.807, 2.05) is 19.9 Å². The first-order chi connectivity index (χ1) is 4.85. The average molecular weight is 143 g/mol. The fourth-order valence-corrected chi connectivity index (χ4v) is 0.762. The van der Waals surface area contributed by atoms with E-state index in [2.05, 4.69) is 0 Å². The minimum atomic E-state index is 0.740. The Labute approximate surface area is 63.1 Å². The van der Waals surface area contributed by atoms with Crippen LogP contribution in [0.5, 0.6) is 0 Å². The predicted octanol–water partition coefficient (Wildman–Crippen LogP) is 1.67. The van der Waals surface area contributed by atoms with Gasteiger partial charge < -0.3 is 10.5 Å². The van der Waals surface area contributed by atoms with Crippen molar-refractivity contribution in [2.45, 2.75) is 26.7 Å². The zero-order valence-electron chi connectivity index (χ0n) is 6.89. The highest BCUT2D eigenvalue weighted by Crippen LogP contribution is 2.04. The summed E-state index contributed by atoms with van der Waals surface area (Å²) >= 11 is 0. The van der Waals surface area contributed by atoms with Crippen molar-refractivity contribution in [2.75, 3.05) is 13.2 Å². The van der Waals surface area contributed by atoms with E-state index in [1.165, 1.54) is 0 Å². The highest BCUT2D eigenvalue weighted by atomic mass is 16.5. The third-order valence-corrected chi connectivity index (χ3v) is 1.28. The van der Waals surface area contributed by atoms with E-state index in [1.54, 1.807) is 0 Å². The number of nitrogens with two attached hydrogens (primary N) is 1. The third-order valence-electron chi connectivity index (χ3n) is 1.28. The topological polar surface area (TPSA) is 35.2 Å². The molecule has 0 amide bonds. The molecule has 2 nitrogen and oxygen atoms in total. The Bertz CT molecular complexity index is 99.4. The molecule has 2 heteroatoms. The molecule has 10 heavy (non-hydrogen) atoms. The molecule has 0 saturated heterocycles. The standard InChI is InChI=1S/C8H17NO/c1-3-8(10-4-2)6-5-7-9/h3H,4-7,9H2,1-2H3/b8-3-. The maximum Gasteiger partial charge on any atom is 0.0917 e. The van der Waals surface area contributed by atoms with Crippen LogP contribution in [0.25, 0.3) is 0 Å². The maximum atomic E-state index is 5.34. The molecular weight excluding hydrogens is 126 g/mol. The number of ether oxygens (including phenoxy) is 1. The van der Waals surface area contributed by atoms with Crippen LogP contribution in [0, 0.1) is 0 Å². The number of hydrogen-bond donors (Lipinski definition) is 1. The lowest BCUT2D eigenvalue weighted by atomic mass is 10.2. The minimum Gasteiger partial charge on any atom is -0.499 e. The Morgan fingerprint density at radius 2 is 2.30 bits per heavy atom. The molecule has 0 atom stereocenters. The van der Waals surface area contributed by atoms with Crippen LogP contribution in [0.15, 0.2) is 11.8 Å². The highest BCUT2D eigenvalue weighted by Gasteiger charge is 1.92. The highest BCUT2D eigenvalue weighted by molar-refractivity contribution is 4.89. The van der Waals surface area contributed by atoms with Crippen LogP contribution in [-0.2, 0) is 4.74 Å². The number of rotatable bonds is 5. The summed E-state index contributed by atoms with van der Waals surface area (Å²) in [5.74, 6) is 1.06. The quantitative estimate of drug-likeness (QED) is 0.594. The summed E-state index contributed by atoms with van der Waals surface area (Å²) in [7, 11) is 0. The third kappa shape index (κ3) is 4.39. The Hall–Kier alpha value is -0.500. The van der Waals surface area contributed by atoms with Gasteiger partial charge in [0.2, 0.25) is 0 Å². The van der Waals surface area contributed by atoms with E-state index < -0.39 is 0 Å². The molecule has 0 aliphatic rings. The lowest BCUT2D eigenvalue weighted by Gasteiger charge is -2.05. The summed E-state index contributed by atoms with van der Waals surface area (Å²) in [5.41, 5.74) is 5.34. The van der Waals surface area contributed by atoms with Crippen molar-refractivity contribution in [3.05, 3.63) is 11.8 Å². The molecule has 60 valence electrons. The van der Waals surface area contributed by atoms with Crippen LogP contribution in [0.4, 0.5) is 0 Å². The summed E-state index contributed by atoms with van der Waals surface area (Å²) in [6.07, 6.45) is 3.99. The monoisotopic (exact) mass is 143 g/mol. The molecule has 0 aromatic rings. The SMILES string of the molecule is C/C=C(/CCCN)OCC. The van der Waals surface area contributed by atoms with E-state index in [0.29, 0.717) is 0 Å². The molecular formula is C8H17NO. The van der Waals surface area contributed by atoms with Gasteiger partial charge >= 0.3 is 0 Å². The van der Waals surface area contributed by atoms with Gasteiger partial charge in [0.15, 0.2) is 0 Å². The van der Waals surface area contributed by atoms with Gasteiger partial charge in [-0.3, -0.25) is 0 Å². The molecule has 2 N–H and O–H groups in total. The van der Waals surface area contributed by atoms with Crippen LogP contribution in [0.3, 0.4) is 0 Å². The van der Waals surface area contributed by atoms with Gasteiger partial charge in [-0.2, -0.15) is 0 Å². The molecule has 0 aliphatic carbocycles. The van der Waals surface area contributed by atoms with Crippen LogP contribution in [0.1, 0.15) is 26.7 Å². The van der Waals surface area contributed by atoms with Gasteiger partial charge in [0, 0.05) is 6.42 Å². The van der Waals surface area contributed by atoms with E-state index in [-0.39, 0.29) is 0 Å². The second kappa shape index (κ2) is 6.62. The molecule has 0 aromatic heterocycles. The molecule has 0 saturated carbocycles. The normalized spacial score (nSPS) is 11.7. The summed E-state index contributed by atoms with van der Waals surface area (Å²) < 4.78 is 5.30. The van der Waals surface area contributed by atoms with Crippen LogP contribution in [-0.4, -0.2) is 13.2 Å². The molecule has 0 aliphatic heterocycles. The van der Waals surface area contributed by atoms with Crippen molar-refractivity contribution in [3.8, 4) is 0 Å². The van der Waals surface area contributed by atoms with Gasteiger partial charge in [-0.05, 0) is 32.9 Å². The summed E-state index contributed by atoms with van der Waals surface area (Å²) in [4.78, 5) is 0.